The van der Waals surface area contributed by atoms with Gasteiger partial charge in [-0.3, -0.25) is 0 Å². The van der Waals surface area contributed by atoms with Crippen LogP contribution < -0.4 is 5.73 Å². The Kier molecular flexibility index (Phi) is 5.92. The molecule has 4 heteroatoms. The van der Waals surface area contributed by atoms with E-state index in [4.69, 9.17) is 26.8 Å². The van der Waals surface area contributed by atoms with Gasteiger partial charge < -0.3 is 15.2 Å². The summed E-state index contributed by atoms with van der Waals surface area (Å²) in [6, 6.07) is 5.45. The maximum atomic E-state index is 6.12. The molecular formula is C13H20ClNO2. The van der Waals surface area contributed by atoms with Gasteiger partial charge in [-0.2, -0.15) is 0 Å². The Labute approximate surface area is 108 Å². The maximum Gasteiger partial charge on any atom is 0.176 e. The highest BCUT2D eigenvalue weighted by Gasteiger charge is 2.20. The van der Waals surface area contributed by atoms with E-state index in [0.717, 1.165) is 11.1 Å². The average Bonchev–Trinajstić information content (AvgIpc) is 2.31. The lowest BCUT2D eigenvalue weighted by Crippen LogP contribution is -2.31. The first kappa shape index (κ1) is 14.5. The monoisotopic (exact) mass is 257 g/mol. The van der Waals surface area contributed by atoms with E-state index in [1.165, 1.54) is 0 Å². The molecule has 2 N–H and O–H groups in total. The molecule has 1 aromatic carbocycles. The molecule has 0 heterocycles. The first-order valence-corrected chi connectivity index (χ1v) is 6.22. The van der Waals surface area contributed by atoms with E-state index in [-0.39, 0.29) is 6.04 Å². The molecule has 0 aliphatic heterocycles. The second-order valence-electron chi connectivity index (χ2n) is 3.81. The van der Waals surface area contributed by atoms with Crippen molar-refractivity contribution in [1.82, 2.24) is 0 Å². The highest BCUT2D eigenvalue weighted by molar-refractivity contribution is 6.31. The summed E-state index contributed by atoms with van der Waals surface area (Å²) in [5.74, 6) is 0. The third-order valence-electron chi connectivity index (χ3n) is 2.54. The molecule has 1 rings (SSSR count). The molecule has 3 nitrogen and oxygen atoms in total. The second kappa shape index (κ2) is 6.97. The van der Waals surface area contributed by atoms with Crippen molar-refractivity contribution in [2.45, 2.75) is 33.1 Å². The van der Waals surface area contributed by atoms with Crippen LogP contribution in [0.1, 0.15) is 31.0 Å². The van der Waals surface area contributed by atoms with Gasteiger partial charge in [0.2, 0.25) is 0 Å². The van der Waals surface area contributed by atoms with Gasteiger partial charge in [-0.15, -0.1) is 0 Å². The largest absolute Gasteiger partial charge is 0.351 e. The van der Waals surface area contributed by atoms with Gasteiger partial charge in [-0.25, -0.2) is 0 Å². The summed E-state index contributed by atoms with van der Waals surface area (Å²) in [7, 11) is 0. The first-order valence-electron chi connectivity index (χ1n) is 5.85. The molecule has 0 aromatic heterocycles. The molecular weight excluding hydrogens is 238 g/mol. The second-order valence-corrected chi connectivity index (χ2v) is 4.22. The highest BCUT2D eigenvalue weighted by atomic mass is 35.5. The Bertz CT molecular complexity index is 351. The van der Waals surface area contributed by atoms with E-state index in [2.05, 4.69) is 0 Å². The number of halogens is 1. The normalized spacial score (nSPS) is 13.1. The molecule has 1 aromatic rings. The van der Waals surface area contributed by atoms with E-state index in [1.807, 2.05) is 39.0 Å². The summed E-state index contributed by atoms with van der Waals surface area (Å²) < 4.78 is 11.0. The number of rotatable bonds is 6. The summed E-state index contributed by atoms with van der Waals surface area (Å²) in [5, 5.41) is 0.713. The number of nitrogens with two attached hydrogens (primary N) is 1. The minimum absolute atomic E-state index is 0.326. The standard InChI is InChI=1S/C13H20ClNO2/c1-4-16-13(17-5-2)12(15)10-7-6-9(3)11(14)8-10/h6-8,12-13H,4-5,15H2,1-3H3. The predicted octanol–water partition coefficient (Wildman–Crippen LogP) is 3.05. The summed E-state index contributed by atoms with van der Waals surface area (Å²) in [6.07, 6.45) is -0.427. The van der Waals surface area contributed by atoms with Crippen LogP contribution in [0.5, 0.6) is 0 Å². The Hall–Kier alpha value is -0.610. The number of hydrogen-bond donors (Lipinski definition) is 1. The summed E-state index contributed by atoms with van der Waals surface area (Å²) in [6.45, 7) is 6.93. The van der Waals surface area contributed by atoms with Gasteiger partial charge >= 0.3 is 0 Å². The van der Waals surface area contributed by atoms with Crippen molar-refractivity contribution in [3.8, 4) is 0 Å². The van der Waals surface area contributed by atoms with Crippen molar-refractivity contribution in [1.29, 1.82) is 0 Å². The van der Waals surface area contributed by atoms with Crippen LogP contribution in [0.15, 0.2) is 18.2 Å². The van der Waals surface area contributed by atoms with E-state index in [0.29, 0.717) is 18.2 Å². The quantitative estimate of drug-likeness (QED) is 0.797. The zero-order valence-corrected chi connectivity index (χ0v) is 11.3. The van der Waals surface area contributed by atoms with Crippen LogP contribution in [0.4, 0.5) is 0 Å². The Morgan fingerprint density at radius 1 is 1.24 bits per heavy atom. The zero-order valence-electron chi connectivity index (χ0n) is 10.6. The van der Waals surface area contributed by atoms with Crippen molar-refractivity contribution >= 4 is 11.6 Å². The van der Waals surface area contributed by atoms with Gasteiger partial charge in [0.05, 0.1) is 6.04 Å². The Morgan fingerprint density at radius 2 is 1.82 bits per heavy atom. The van der Waals surface area contributed by atoms with Crippen molar-refractivity contribution in [2.75, 3.05) is 13.2 Å². The van der Waals surface area contributed by atoms with Crippen molar-refractivity contribution in [3.63, 3.8) is 0 Å². The third-order valence-corrected chi connectivity index (χ3v) is 2.94. The van der Waals surface area contributed by atoms with Crippen molar-refractivity contribution < 1.29 is 9.47 Å². The molecule has 96 valence electrons. The Morgan fingerprint density at radius 3 is 2.29 bits per heavy atom. The van der Waals surface area contributed by atoms with E-state index < -0.39 is 6.29 Å². The van der Waals surface area contributed by atoms with Gasteiger partial charge in [0.1, 0.15) is 0 Å². The van der Waals surface area contributed by atoms with Gasteiger partial charge in [0.25, 0.3) is 0 Å². The topological polar surface area (TPSA) is 44.5 Å². The van der Waals surface area contributed by atoms with Gasteiger partial charge in [0.15, 0.2) is 6.29 Å². The van der Waals surface area contributed by atoms with E-state index >= 15 is 0 Å². The molecule has 0 fully saturated rings. The zero-order chi connectivity index (χ0) is 12.8. The van der Waals surface area contributed by atoms with Crippen molar-refractivity contribution in [2.24, 2.45) is 5.73 Å². The smallest absolute Gasteiger partial charge is 0.176 e. The van der Waals surface area contributed by atoms with E-state index in [1.54, 1.807) is 0 Å². The lowest BCUT2D eigenvalue weighted by molar-refractivity contribution is -0.149. The molecule has 17 heavy (non-hydrogen) atoms. The van der Waals surface area contributed by atoms with Crippen LogP contribution >= 0.6 is 11.6 Å². The van der Waals surface area contributed by atoms with Crippen LogP contribution in [-0.2, 0) is 9.47 Å². The minimum atomic E-state index is -0.427. The SMILES string of the molecule is CCOC(OCC)C(N)c1ccc(C)c(Cl)c1. The highest BCUT2D eigenvalue weighted by Crippen LogP contribution is 2.23. The molecule has 0 aliphatic carbocycles. The maximum absolute atomic E-state index is 6.12. The van der Waals surface area contributed by atoms with Crippen LogP contribution in [0, 0.1) is 6.92 Å². The van der Waals surface area contributed by atoms with Gasteiger partial charge in [-0.1, -0.05) is 23.7 Å². The molecule has 0 aliphatic rings. The van der Waals surface area contributed by atoms with Crippen LogP contribution in [0.3, 0.4) is 0 Å². The first-order chi connectivity index (χ1) is 8.10. The molecule has 0 bridgehead atoms. The Balaban J connectivity index is 2.84. The fourth-order valence-electron chi connectivity index (χ4n) is 1.56. The lowest BCUT2D eigenvalue weighted by atomic mass is 10.1. The fraction of sp³-hybridized carbons (Fsp3) is 0.538. The predicted molar refractivity (Wildman–Crippen MR) is 70.2 cm³/mol. The number of benzene rings is 1. The number of aryl methyl sites for hydroxylation is 1. The van der Waals surface area contributed by atoms with Crippen molar-refractivity contribution in [3.05, 3.63) is 34.3 Å². The number of ether oxygens (including phenoxy) is 2. The number of hydrogen-bond acceptors (Lipinski definition) is 3. The van der Waals surface area contributed by atoms with Crippen LogP contribution in [0.2, 0.25) is 5.02 Å². The minimum Gasteiger partial charge on any atom is -0.351 e. The average molecular weight is 258 g/mol. The van der Waals surface area contributed by atoms with Gasteiger partial charge in [0, 0.05) is 18.2 Å². The van der Waals surface area contributed by atoms with Gasteiger partial charge in [-0.05, 0) is 38.0 Å². The van der Waals surface area contributed by atoms with Crippen LogP contribution in [0.25, 0.3) is 0 Å². The molecule has 0 amide bonds. The van der Waals surface area contributed by atoms with Crippen LogP contribution in [-0.4, -0.2) is 19.5 Å². The summed E-state index contributed by atoms with van der Waals surface area (Å²) >= 11 is 6.08. The molecule has 1 unspecified atom stereocenters. The molecule has 0 saturated carbocycles. The van der Waals surface area contributed by atoms with E-state index in [9.17, 15) is 0 Å². The molecule has 1 atom stereocenters. The third kappa shape index (κ3) is 3.96. The fourth-order valence-corrected chi connectivity index (χ4v) is 1.75. The summed E-state index contributed by atoms with van der Waals surface area (Å²) in [5.41, 5.74) is 8.08. The summed E-state index contributed by atoms with van der Waals surface area (Å²) in [4.78, 5) is 0. The molecule has 0 spiro atoms. The molecule has 0 radical (unpaired) electrons. The lowest BCUT2D eigenvalue weighted by Gasteiger charge is -2.24. The molecule has 0 saturated heterocycles.